The summed E-state index contributed by atoms with van der Waals surface area (Å²) in [6.07, 6.45) is 5.13. The summed E-state index contributed by atoms with van der Waals surface area (Å²) >= 11 is 0. The average Bonchev–Trinajstić information content (AvgIpc) is 2.04. The Morgan fingerprint density at radius 2 is 1.46 bits per heavy atom. The van der Waals surface area contributed by atoms with Crippen LogP contribution < -0.4 is 0 Å². The fraction of sp³-hybridized carbons (Fsp3) is 1.00. The SMILES string of the molecule is CCC[C@H](C)C[C@@H](C)C[C@@H](C)CO. The molecule has 0 saturated heterocycles. The smallest absolute Gasteiger partial charge is 0.0456 e. The highest BCUT2D eigenvalue weighted by Gasteiger charge is 2.11. The van der Waals surface area contributed by atoms with Crippen LogP contribution >= 0.6 is 0 Å². The van der Waals surface area contributed by atoms with Crippen LogP contribution in [0, 0.1) is 17.8 Å². The van der Waals surface area contributed by atoms with Crippen molar-refractivity contribution in [2.24, 2.45) is 17.8 Å². The second-order valence-corrected chi connectivity index (χ2v) is 4.76. The monoisotopic (exact) mass is 186 g/mol. The third-order valence-corrected chi connectivity index (χ3v) is 2.70. The normalized spacial score (nSPS) is 18.2. The van der Waals surface area contributed by atoms with Gasteiger partial charge in [0.1, 0.15) is 0 Å². The molecule has 0 saturated carbocycles. The lowest BCUT2D eigenvalue weighted by Crippen LogP contribution is -2.10. The molecule has 1 N–H and O–H groups in total. The van der Waals surface area contributed by atoms with Gasteiger partial charge < -0.3 is 5.11 Å². The first kappa shape index (κ1) is 13.0. The lowest BCUT2D eigenvalue weighted by Gasteiger charge is -2.19. The van der Waals surface area contributed by atoms with E-state index in [4.69, 9.17) is 5.11 Å². The Morgan fingerprint density at radius 1 is 0.923 bits per heavy atom. The molecule has 0 aromatic carbocycles. The minimum atomic E-state index is 0.340. The number of aliphatic hydroxyl groups is 1. The van der Waals surface area contributed by atoms with Crippen LogP contribution in [0.5, 0.6) is 0 Å². The largest absolute Gasteiger partial charge is 0.396 e. The topological polar surface area (TPSA) is 20.2 Å². The standard InChI is InChI=1S/C12H26O/c1-5-6-10(2)7-11(3)8-12(4)9-13/h10-13H,5-9H2,1-4H3/t10-,11+,12+/m0/s1. The van der Waals surface area contributed by atoms with Gasteiger partial charge in [0.15, 0.2) is 0 Å². The molecule has 1 nitrogen and oxygen atoms in total. The van der Waals surface area contributed by atoms with Crippen LogP contribution in [-0.4, -0.2) is 11.7 Å². The van der Waals surface area contributed by atoms with Gasteiger partial charge in [-0.25, -0.2) is 0 Å². The predicted octanol–water partition coefficient (Wildman–Crippen LogP) is 3.47. The molecule has 0 amide bonds. The fourth-order valence-electron chi connectivity index (χ4n) is 2.16. The van der Waals surface area contributed by atoms with Gasteiger partial charge in [-0.15, -0.1) is 0 Å². The van der Waals surface area contributed by atoms with E-state index in [1.165, 1.54) is 25.7 Å². The van der Waals surface area contributed by atoms with Crippen molar-refractivity contribution < 1.29 is 5.11 Å². The lowest BCUT2D eigenvalue weighted by atomic mass is 9.88. The summed E-state index contributed by atoms with van der Waals surface area (Å²) in [5.41, 5.74) is 0. The van der Waals surface area contributed by atoms with E-state index in [2.05, 4.69) is 27.7 Å². The van der Waals surface area contributed by atoms with E-state index < -0.39 is 0 Å². The van der Waals surface area contributed by atoms with Gasteiger partial charge in [0.25, 0.3) is 0 Å². The van der Waals surface area contributed by atoms with Crippen molar-refractivity contribution >= 4 is 0 Å². The molecule has 0 radical (unpaired) electrons. The second kappa shape index (κ2) is 7.37. The molecule has 0 unspecified atom stereocenters. The van der Waals surface area contributed by atoms with Crippen LogP contribution in [0.2, 0.25) is 0 Å². The number of hydrogen-bond donors (Lipinski definition) is 1. The summed E-state index contributed by atoms with van der Waals surface area (Å²) in [4.78, 5) is 0. The molecule has 80 valence electrons. The minimum Gasteiger partial charge on any atom is -0.396 e. The van der Waals surface area contributed by atoms with E-state index in [-0.39, 0.29) is 0 Å². The van der Waals surface area contributed by atoms with Crippen molar-refractivity contribution in [1.82, 2.24) is 0 Å². The maximum absolute atomic E-state index is 8.92. The van der Waals surface area contributed by atoms with Crippen LogP contribution in [0.3, 0.4) is 0 Å². The van der Waals surface area contributed by atoms with Crippen LogP contribution in [0.15, 0.2) is 0 Å². The van der Waals surface area contributed by atoms with Crippen LogP contribution in [0.4, 0.5) is 0 Å². The van der Waals surface area contributed by atoms with Gasteiger partial charge in [-0.1, -0.05) is 40.5 Å². The first-order valence-electron chi connectivity index (χ1n) is 5.70. The van der Waals surface area contributed by atoms with Gasteiger partial charge >= 0.3 is 0 Å². The molecule has 0 fully saturated rings. The van der Waals surface area contributed by atoms with E-state index in [1.54, 1.807) is 0 Å². The zero-order valence-corrected chi connectivity index (χ0v) is 9.71. The Bertz CT molecular complexity index is 112. The summed E-state index contributed by atoms with van der Waals surface area (Å²) in [6, 6.07) is 0. The summed E-state index contributed by atoms with van der Waals surface area (Å²) in [7, 11) is 0. The molecular formula is C12H26O. The molecule has 0 aliphatic rings. The molecule has 0 aliphatic carbocycles. The van der Waals surface area contributed by atoms with Crippen LogP contribution in [0.1, 0.15) is 53.4 Å². The van der Waals surface area contributed by atoms with E-state index in [9.17, 15) is 0 Å². The van der Waals surface area contributed by atoms with Gasteiger partial charge in [0.05, 0.1) is 0 Å². The van der Waals surface area contributed by atoms with Crippen molar-refractivity contribution in [1.29, 1.82) is 0 Å². The molecular weight excluding hydrogens is 160 g/mol. The third-order valence-electron chi connectivity index (χ3n) is 2.70. The van der Waals surface area contributed by atoms with Crippen molar-refractivity contribution in [3.8, 4) is 0 Å². The first-order valence-corrected chi connectivity index (χ1v) is 5.70. The van der Waals surface area contributed by atoms with Crippen LogP contribution in [-0.2, 0) is 0 Å². The molecule has 1 heteroatoms. The molecule has 13 heavy (non-hydrogen) atoms. The molecule has 0 bridgehead atoms. The quantitative estimate of drug-likeness (QED) is 0.645. The van der Waals surface area contributed by atoms with E-state index in [0.717, 1.165) is 11.8 Å². The molecule has 0 spiro atoms. The zero-order valence-electron chi connectivity index (χ0n) is 9.71. The van der Waals surface area contributed by atoms with Gasteiger partial charge in [0.2, 0.25) is 0 Å². The Labute approximate surface area is 83.5 Å². The lowest BCUT2D eigenvalue weighted by molar-refractivity contribution is 0.207. The second-order valence-electron chi connectivity index (χ2n) is 4.76. The van der Waals surface area contributed by atoms with E-state index >= 15 is 0 Å². The van der Waals surface area contributed by atoms with Crippen molar-refractivity contribution in [2.75, 3.05) is 6.61 Å². The number of hydrogen-bond acceptors (Lipinski definition) is 1. The molecule has 0 aromatic heterocycles. The molecule has 3 atom stereocenters. The maximum Gasteiger partial charge on any atom is 0.0456 e. The Kier molecular flexibility index (Phi) is 7.35. The van der Waals surface area contributed by atoms with E-state index in [1.807, 2.05) is 0 Å². The fourth-order valence-corrected chi connectivity index (χ4v) is 2.16. The average molecular weight is 186 g/mol. The summed E-state index contributed by atoms with van der Waals surface area (Å²) < 4.78 is 0. The molecule has 0 aliphatic heterocycles. The molecule has 0 heterocycles. The summed E-state index contributed by atoms with van der Waals surface area (Å²) in [6.45, 7) is 9.35. The zero-order chi connectivity index (χ0) is 10.3. The Hall–Kier alpha value is -0.0400. The molecule has 0 rings (SSSR count). The Balaban J connectivity index is 3.54. The highest BCUT2D eigenvalue weighted by Crippen LogP contribution is 2.21. The third kappa shape index (κ3) is 7.06. The summed E-state index contributed by atoms with van der Waals surface area (Å²) in [5.74, 6) is 2.10. The summed E-state index contributed by atoms with van der Waals surface area (Å²) in [5, 5.41) is 8.92. The van der Waals surface area contributed by atoms with Gasteiger partial charge in [-0.05, 0) is 30.6 Å². The van der Waals surface area contributed by atoms with Crippen molar-refractivity contribution in [2.45, 2.75) is 53.4 Å². The molecule has 0 aromatic rings. The van der Waals surface area contributed by atoms with Gasteiger partial charge in [-0.3, -0.25) is 0 Å². The van der Waals surface area contributed by atoms with Crippen molar-refractivity contribution in [3.63, 3.8) is 0 Å². The first-order chi connectivity index (χ1) is 6.10. The van der Waals surface area contributed by atoms with Crippen molar-refractivity contribution in [3.05, 3.63) is 0 Å². The van der Waals surface area contributed by atoms with Crippen LogP contribution in [0.25, 0.3) is 0 Å². The highest BCUT2D eigenvalue weighted by molar-refractivity contribution is 4.62. The van der Waals surface area contributed by atoms with E-state index in [0.29, 0.717) is 12.5 Å². The maximum atomic E-state index is 8.92. The predicted molar refractivity (Wildman–Crippen MR) is 58.7 cm³/mol. The number of aliphatic hydroxyl groups excluding tert-OH is 1. The minimum absolute atomic E-state index is 0.340. The Morgan fingerprint density at radius 3 is 1.92 bits per heavy atom. The van der Waals surface area contributed by atoms with Gasteiger partial charge in [-0.2, -0.15) is 0 Å². The highest BCUT2D eigenvalue weighted by atomic mass is 16.3. The van der Waals surface area contributed by atoms with Gasteiger partial charge in [0, 0.05) is 6.61 Å². The number of rotatable bonds is 7.